The van der Waals surface area contributed by atoms with Crippen molar-refractivity contribution in [2.45, 2.75) is 26.0 Å². The summed E-state index contributed by atoms with van der Waals surface area (Å²) in [5, 5.41) is 4.18. The molecule has 0 bridgehead atoms. The Morgan fingerprint density at radius 3 is 2.77 bits per heavy atom. The summed E-state index contributed by atoms with van der Waals surface area (Å²) in [5.41, 5.74) is 6.42. The van der Waals surface area contributed by atoms with Crippen LogP contribution in [0.15, 0.2) is 12.3 Å². The van der Waals surface area contributed by atoms with Gasteiger partial charge in [0.25, 0.3) is 0 Å². The molecule has 0 aliphatic rings. The van der Waals surface area contributed by atoms with Crippen LogP contribution in [0.25, 0.3) is 0 Å². The zero-order chi connectivity index (χ0) is 9.90. The Morgan fingerprint density at radius 1 is 1.62 bits per heavy atom. The summed E-state index contributed by atoms with van der Waals surface area (Å²) in [6.45, 7) is 4.95. The molecule has 0 saturated heterocycles. The lowest BCUT2D eigenvalue weighted by atomic mass is 10.1. The van der Waals surface area contributed by atoms with E-state index in [2.05, 4.69) is 5.10 Å². The van der Waals surface area contributed by atoms with Crippen molar-refractivity contribution in [3.05, 3.63) is 18.0 Å². The lowest BCUT2D eigenvalue weighted by Gasteiger charge is -2.17. The second-order valence-corrected chi connectivity index (χ2v) is 3.96. The molecule has 0 spiro atoms. The second-order valence-electron chi connectivity index (χ2n) is 3.96. The zero-order valence-corrected chi connectivity index (χ0v) is 8.45. The fraction of sp³-hybridized carbons (Fsp3) is 0.667. The molecule has 74 valence electrons. The minimum atomic E-state index is -0.269. The molecule has 4 heteroatoms. The standard InChI is InChI=1S/C9H17N3O/c1-9(2,10)7-13-6-8-4-5-12(3)11-8/h4-5H,6-7,10H2,1-3H3. The summed E-state index contributed by atoms with van der Waals surface area (Å²) in [4.78, 5) is 0. The Kier molecular flexibility index (Phi) is 3.06. The molecule has 0 amide bonds. The number of rotatable bonds is 4. The van der Waals surface area contributed by atoms with Gasteiger partial charge in [0.1, 0.15) is 0 Å². The molecular formula is C9H17N3O. The molecule has 1 aromatic heterocycles. The van der Waals surface area contributed by atoms with Gasteiger partial charge in [-0.3, -0.25) is 4.68 Å². The summed E-state index contributed by atoms with van der Waals surface area (Å²) in [7, 11) is 1.89. The Morgan fingerprint density at radius 2 is 2.31 bits per heavy atom. The molecule has 0 aliphatic carbocycles. The third-order valence-corrected chi connectivity index (χ3v) is 1.49. The van der Waals surface area contributed by atoms with Crippen molar-refractivity contribution in [1.82, 2.24) is 9.78 Å². The van der Waals surface area contributed by atoms with Crippen LogP contribution < -0.4 is 5.73 Å². The van der Waals surface area contributed by atoms with Crippen LogP contribution >= 0.6 is 0 Å². The number of hydrogen-bond donors (Lipinski definition) is 1. The fourth-order valence-electron chi connectivity index (χ4n) is 0.959. The van der Waals surface area contributed by atoms with Gasteiger partial charge in [0.05, 0.1) is 18.9 Å². The lowest BCUT2D eigenvalue weighted by Crippen LogP contribution is -2.37. The highest BCUT2D eigenvalue weighted by molar-refractivity contribution is 4.96. The van der Waals surface area contributed by atoms with Crippen molar-refractivity contribution in [3.8, 4) is 0 Å². The quantitative estimate of drug-likeness (QED) is 0.746. The molecule has 1 rings (SSSR count). The number of aromatic nitrogens is 2. The number of nitrogens with two attached hydrogens (primary N) is 1. The average Bonchev–Trinajstić information content (AvgIpc) is 2.33. The maximum atomic E-state index is 5.75. The van der Waals surface area contributed by atoms with E-state index in [-0.39, 0.29) is 5.54 Å². The van der Waals surface area contributed by atoms with Crippen molar-refractivity contribution in [1.29, 1.82) is 0 Å². The van der Waals surface area contributed by atoms with Gasteiger partial charge in [0, 0.05) is 18.8 Å². The van der Waals surface area contributed by atoms with E-state index in [1.807, 2.05) is 33.2 Å². The van der Waals surface area contributed by atoms with Gasteiger partial charge < -0.3 is 10.5 Å². The molecule has 2 N–H and O–H groups in total. The minimum absolute atomic E-state index is 0.269. The lowest BCUT2D eigenvalue weighted by molar-refractivity contribution is 0.0827. The van der Waals surface area contributed by atoms with Gasteiger partial charge in [0.2, 0.25) is 0 Å². The van der Waals surface area contributed by atoms with E-state index in [1.165, 1.54) is 0 Å². The van der Waals surface area contributed by atoms with E-state index in [0.717, 1.165) is 5.69 Å². The predicted molar refractivity (Wildman–Crippen MR) is 51.1 cm³/mol. The Hall–Kier alpha value is -0.870. The Bertz CT molecular complexity index is 262. The third-order valence-electron chi connectivity index (χ3n) is 1.49. The van der Waals surface area contributed by atoms with Crippen LogP contribution in [-0.2, 0) is 18.4 Å². The monoisotopic (exact) mass is 183 g/mol. The van der Waals surface area contributed by atoms with Crippen LogP contribution in [0.4, 0.5) is 0 Å². The molecule has 0 unspecified atom stereocenters. The maximum absolute atomic E-state index is 5.75. The molecule has 1 aromatic rings. The van der Waals surface area contributed by atoms with Gasteiger partial charge in [0.15, 0.2) is 0 Å². The molecule has 13 heavy (non-hydrogen) atoms. The number of aryl methyl sites for hydroxylation is 1. The summed E-state index contributed by atoms with van der Waals surface area (Å²) < 4.78 is 7.15. The van der Waals surface area contributed by atoms with Crippen LogP contribution in [0.2, 0.25) is 0 Å². The first kappa shape index (κ1) is 10.2. The zero-order valence-electron chi connectivity index (χ0n) is 8.45. The summed E-state index contributed by atoms with van der Waals surface area (Å²) >= 11 is 0. The molecule has 0 saturated carbocycles. The summed E-state index contributed by atoms with van der Waals surface area (Å²) in [5.74, 6) is 0. The van der Waals surface area contributed by atoms with Crippen molar-refractivity contribution >= 4 is 0 Å². The molecule has 0 aliphatic heterocycles. The normalized spacial score (nSPS) is 12.0. The third kappa shape index (κ3) is 4.05. The molecule has 1 heterocycles. The molecule has 0 atom stereocenters. The highest BCUT2D eigenvalue weighted by atomic mass is 16.5. The van der Waals surface area contributed by atoms with Crippen LogP contribution in [0.5, 0.6) is 0 Å². The highest BCUT2D eigenvalue weighted by Gasteiger charge is 2.10. The second kappa shape index (κ2) is 3.89. The molecule has 0 aromatic carbocycles. The molecule has 0 radical (unpaired) electrons. The van der Waals surface area contributed by atoms with E-state index < -0.39 is 0 Å². The highest BCUT2D eigenvalue weighted by Crippen LogP contribution is 2.01. The van der Waals surface area contributed by atoms with E-state index in [0.29, 0.717) is 13.2 Å². The molecule has 4 nitrogen and oxygen atoms in total. The van der Waals surface area contributed by atoms with Gasteiger partial charge in [-0.2, -0.15) is 5.10 Å². The van der Waals surface area contributed by atoms with Crippen LogP contribution in [0.3, 0.4) is 0 Å². The first-order valence-corrected chi connectivity index (χ1v) is 4.32. The van der Waals surface area contributed by atoms with Crippen molar-refractivity contribution in [2.24, 2.45) is 12.8 Å². The van der Waals surface area contributed by atoms with Gasteiger partial charge in [-0.1, -0.05) is 0 Å². The molecule has 0 fully saturated rings. The van der Waals surface area contributed by atoms with E-state index in [1.54, 1.807) is 4.68 Å². The van der Waals surface area contributed by atoms with Crippen molar-refractivity contribution in [2.75, 3.05) is 6.61 Å². The molecular weight excluding hydrogens is 166 g/mol. The smallest absolute Gasteiger partial charge is 0.0907 e. The Balaban J connectivity index is 2.28. The van der Waals surface area contributed by atoms with Crippen LogP contribution in [0, 0.1) is 0 Å². The van der Waals surface area contributed by atoms with Gasteiger partial charge in [-0.25, -0.2) is 0 Å². The summed E-state index contributed by atoms with van der Waals surface area (Å²) in [6.07, 6.45) is 1.90. The number of hydrogen-bond acceptors (Lipinski definition) is 3. The number of nitrogens with zero attached hydrogens (tertiary/aromatic N) is 2. The minimum Gasteiger partial charge on any atom is -0.373 e. The van der Waals surface area contributed by atoms with Crippen molar-refractivity contribution in [3.63, 3.8) is 0 Å². The topological polar surface area (TPSA) is 53.1 Å². The van der Waals surface area contributed by atoms with Crippen LogP contribution in [0.1, 0.15) is 19.5 Å². The van der Waals surface area contributed by atoms with E-state index in [9.17, 15) is 0 Å². The first-order valence-electron chi connectivity index (χ1n) is 4.32. The largest absolute Gasteiger partial charge is 0.373 e. The average molecular weight is 183 g/mol. The van der Waals surface area contributed by atoms with E-state index in [4.69, 9.17) is 10.5 Å². The van der Waals surface area contributed by atoms with E-state index >= 15 is 0 Å². The Labute approximate surface area is 78.7 Å². The summed E-state index contributed by atoms with van der Waals surface area (Å²) in [6, 6.07) is 1.93. The predicted octanol–water partition coefficient (Wildman–Crippen LogP) is 0.674. The van der Waals surface area contributed by atoms with Crippen molar-refractivity contribution < 1.29 is 4.74 Å². The van der Waals surface area contributed by atoms with Gasteiger partial charge in [-0.15, -0.1) is 0 Å². The van der Waals surface area contributed by atoms with Gasteiger partial charge in [-0.05, 0) is 19.9 Å². The SMILES string of the molecule is Cn1ccc(COCC(C)(C)N)n1. The maximum Gasteiger partial charge on any atom is 0.0907 e. The fourth-order valence-corrected chi connectivity index (χ4v) is 0.959. The first-order chi connectivity index (χ1) is 5.97. The number of ether oxygens (including phenoxy) is 1. The van der Waals surface area contributed by atoms with Crippen LogP contribution in [-0.4, -0.2) is 21.9 Å². The van der Waals surface area contributed by atoms with Gasteiger partial charge >= 0.3 is 0 Å².